The lowest BCUT2D eigenvalue weighted by molar-refractivity contribution is -0.0966. The van der Waals surface area contributed by atoms with Gasteiger partial charge in [-0.05, 0) is 181 Å². The quantitative estimate of drug-likeness (QED) is 0.0421. The summed E-state index contributed by atoms with van der Waals surface area (Å²) in [5, 5.41) is 0. The normalized spacial score (nSPS) is 15.7. The van der Waals surface area contributed by atoms with Crippen LogP contribution in [0.4, 0.5) is 0 Å². The minimum atomic E-state index is -0.102. The molecule has 651 valence electrons. The number of rotatable bonds is 89. The van der Waals surface area contributed by atoms with Crippen molar-refractivity contribution in [1.29, 1.82) is 0 Å². The van der Waals surface area contributed by atoms with Crippen molar-refractivity contribution < 1.29 is 0 Å². The smallest absolute Gasteiger partial charge is 0.0158 e. The third-order valence-corrected chi connectivity index (χ3v) is 27.3. The van der Waals surface area contributed by atoms with E-state index in [1.54, 1.807) is 0 Å². The Balaban J connectivity index is 11.6. The molecule has 1 radical (unpaired) electrons. The molecule has 0 fully saturated rings. The summed E-state index contributed by atoms with van der Waals surface area (Å²) in [7, 11) is 0. The Morgan fingerprint density at radius 2 is 0.518 bits per heavy atom. The standard InChI is InChI=1S/C110H211/c1-16-31-41-46-50-54-58-62-67-77-92-107(97-102(82-27-12)87-72-37-22-7)109(99-104(84-29-14)89-74-39-24-9,94-79-69-64-60-56-52-48-43-33-18-3)110(100-105(85-30-15)90-75-40-25-10,95-80-70-65-61-57-53-49-44-34-19-4)108(98-103(83-28-13)88-73-38-23-8,93-78-68-63-59-55-51-47-42-32-17-2)106(91-76-66-45-35-20-5)96-101(81-26-11)86-71-36-21-6/h58,62,64,69-70,78,80,91,93,101-105H,16-57,59-61,63,65-68,71-77,79,81-90,92,94-100H2,1-15H3. The van der Waals surface area contributed by atoms with Crippen molar-refractivity contribution in [2.75, 3.05) is 0 Å². The molecule has 0 aliphatic heterocycles. The first-order valence-electron chi connectivity index (χ1n) is 52.2. The van der Waals surface area contributed by atoms with Gasteiger partial charge in [0.2, 0.25) is 0 Å². The van der Waals surface area contributed by atoms with E-state index < -0.39 is 0 Å². The van der Waals surface area contributed by atoms with Gasteiger partial charge in [0.05, 0.1) is 0 Å². The summed E-state index contributed by atoms with van der Waals surface area (Å²) in [6.07, 6.45) is 130. The monoisotopic (exact) mass is 1530 g/mol. The van der Waals surface area contributed by atoms with Gasteiger partial charge >= 0.3 is 0 Å². The zero-order valence-corrected chi connectivity index (χ0v) is 79.3. The Bertz CT molecular complexity index is 1970. The molecule has 0 nitrogen and oxygen atoms in total. The first-order chi connectivity index (χ1) is 54.1. The molecule has 110 heavy (non-hydrogen) atoms. The van der Waals surface area contributed by atoms with Crippen molar-refractivity contribution in [1.82, 2.24) is 0 Å². The largest absolute Gasteiger partial charge is 0.0885 e. The van der Waals surface area contributed by atoms with Crippen LogP contribution in [0.25, 0.3) is 0 Å². The lowest BCUT2D eigenvalue weighted by atomic mass is 9.37. The molecule has 0 aliphatic rings. The van der Waals surface area contributed by atoms with Gasteiger partial charge in [-0.15, -0.1) is 0 Å². The molecule has 0 aliphatic carbocycles. The summed E-state index contributed by atoms with van der Waals surface area (Å²) < 4.78 is 0. The molecular formula is C110H211. The minimum absolute atomic E-state index is 0.0242. The van der Waals surface area contributed by atoms with Crippen LogP contribution in [0.2, 0.25) is 0 Å². The number of hydrogen-bond donors (Lipinski definition) is 0. The van der Waals surface area contributed by atoms with E-state index in [9.17, 15) is 0 Å². The first-order valence-corrected chi connectivity index (χ1v) is 52.2. The second-order valence-corrected chi connectivity index (χ2v) is 37.5. The Hall–Kier alpha value is -1.30. The van der Waals surface area contributed by atoms with Gasteiger partial charge in [-0.2, -0.15) is 0 Å². The average Bonchev–Trinajstić information content (AvgIpc) is 0.697. The van der Waals surface area contributed by atoms with Crippen molar-refractivity contribution in [3.63, 3.8) is 0 Å². The molecule has 0 aromatic carbocycles. The molecule has 8 unspecified atom stereocenters. The van der Waals surface area contributed by atoms with E-state index >= 15 is 0 Å². The Morgan fingerprint density at radius 1 is 0.227 bits per heavy atom. The van der Waals surface area contributed by atoms with Gasteiger partial charge in [0.25, 0.3) is 0 Å². The van der Waals surface area contributed by atoms with Crippen LogP contribution in [-0.2, 0) is 0 Å². The zero-order valence-electron chi connectivity index (χ0n) is 79.3. The van der Waals surface area contributed by atoms with E-state index in [4.69, 9.17) is 0 Å². The SMILES string of the molecule is CCCCCCC=C(CC(CCC)CCCCC)C(C=CCCCCCCCCCC)(CC(CCC)CCCCC)C(CC=CCCCCCCCCC)(CC(CCC)CCCCC)C(CCC=CCCCCCCCC)(CC(CCC)CCCCC)[C](CCCC=CCCCCCCC)CC(CCC)CCCCC. The summed E-state index contributed by atoms with van der Waals surface area (Å²) in [6.45, 7) is 37.6. The zero-order chi connectivity index (χ0) is 80.6. The highest BCUT2D eigenvalue weighted by molar-refractivity contribution is 5.36. The molecule has 0 heteroatoms. The molecule has 0 saturated heterocycles. The molecular weight excluding hydrogens is 1320 g/mol. The van der Waals surface area contributed by atoms with Gasteiger partial charge in [-0.3, -0.25) is 0 Å². The summed E-state index contributed by atoms with van der Waals surface area (Å²) in [5.74, 6) is 5.78. The minimum Gasteiger partial charge on any atom is -0.0885 e. The number of unbranched alkanes of at least 4 members (excludes halogenated alkanes) is 41. The Kier molecular flexibility index (Phi) is 80.5. The van der Waals surface area contributed by atoms with E-state index in [2.05, 4.69) is 164 Å². The highest BCUT2D eigenvalue weighted by atomic mass is 14.7. The van der Waals surface area contributed by atoms with E-state index in [1.807, 2.05) is 5.57 Å². The predicted octanol–water partition coefficient (Wildman–Crippen LogP) is 40.7. The second-order valence-electron chi connectivity index (χ2n) is 37.5. The Labute approximate surface area is 699 Å². The molecule has 0 amide bonds. The molecule has 0 rings (SSSR count). The van der Waals surface area contributed by atoms with Gasteiger partial charge in [0.15, 0.2) is 0 Å². The lowest BCUT2D eigenvalue weighted by Crippen LogP contribution is -2.59. The van der Waals surface area contributed by atoms with E-state index in [0.717, 1.165) is 17.8 Å². The molecule has 0 heterocycles. The van der Waals surface area contributed by atoms with Crippen molar-refractivity contribution in [3.05, 3.63) is 66.2 Å². The van der Waals surface area contributed by atoms with E-state index in [-0.39, 0.29) is 16.2 Å². The fourth-order valence-electron chi connectivity index (χ4n) is 21.0. The van der Waals surface area contributed by atoms with Crippen LogP contribution in [0.5, 0.6) is 0 Å². The maximum Gasteiger partial charge on any atom is 0.0158 e. The predicted molar refractivity (Wildman–Crippen MR) is 509 cm³/mol. The Morgan fingerprint density at radius 3 is 0.918 bits per heavy atom. The summed E-state index contributed by atoms with van der Waals surface area (Å²) in [6, 6.07) is 0. The molecule has 0 spiro atoms. The number of hydrogen-bond acceptors (Lipinski definition) is 0. The highest BCUT2D eigenvalue weighted by Crippen LogP contribution is 2.73. The van der Waals surface area contributed by atoms with Crippen molar-refractivity contribution in [2.45, 2.75) is 592 Å². The van der Waals surface area contributed by atoms with E-state index in [0.29, 0.717) is 11.8 Å². The van der Waals surface area contributed by atoms with E-state index in [1.165, 1.54) is 488 Å². The van der Waals surface area contributed by atoms with Gasteiger partial charge < -0.3 is 0 Å². The van der Waals surface area contributed by atoms with Crippen LogP contribution in [-0.4, -0.2) is 0 Å². The van der Waals surface area contributed by atoms with Crippen LogP contribution >= 0.6 is 0 Å². The van der Waals surface area contributed by atoms with Gasteiger partial charge in [-0.1, -0.05) is 517 Å². The summed E-state index contributed by atoms with van der Waals surface area (Å²) >= 11 is 0. The topological polar surface area (TPSA) is 0 Å². The number of allylic oxidation sites excluding steroid dienone is 10. The maximum absolute atomic E-state index is 3.34. The first kappa shape index (κ1) is 109. The van der Waals surface area contributed by atoms with Crippen molar-refractivity contribution >= 4 is 0 Å². The van der Waals surface area contributed by atoms with Gasteiger partial charge in [0, 0.05) is 5.41 Å². The maximum atomic E-state index is 3.34. The van der Waals surface area contributed by atoms with Crippen LogP contribution in [0, 0.1) is 51.8 Å². The molecule has 0 bridgehead atoms. The van der Waals surface area contributed by atoms with Crippen LogP contribution in [0.15, 0.2) is 60.3 Å². The van der Waals surface area contributed by atoms with Gasteiger partial charge in [0.1, 0.15) is 0 Å². The lowest BCUT2D eigenvalue weighted by Gasteiger charge is -2.66. The molecule has 0 saturated carbocycles. The third kappa shape index (κ3) is 53.2. The van der Waals surface area contributed by atoms with Crippen molar-refractivity contribution in [2.24, 2.45) is 45.8 Å². The van der Waals surface area contributed by atoms with Crippen LogP contribution in [0.1, 0.15) is 592 Å². The van der Waals surface area contributed by atoms with Crippen molar-refractivity contribution in [3.8, 4) is 0 Å². The molecule has 0 N–H and O–H groups in total. The van der Waals surface area contributed by atoms with Gasteiger partial charge in [-0.25, -0.2) is 0 Å². The second kappa shape index (κ2) is 81.4. The van der Waals surface area contributed by atoms with Crippen LogP contribution in [0.3, 0.4) is 0 Å². The summed E-state index contributed by atoms with van der Waals surface area (Å²) in [5.41, 5.74) is 1.91. The molecule has 0 aromatic heterocycles. The fraction of sp³-hybridized carbons (Fsp3) is 0.900. The van der Waals surface area contributed by atoms with Crippen LogP contribution < -0.4 is 0 Å². The molecule has 0 aromatic rings. The summed E-state index contributed by atoms with van der Waals surface area (Å²) in [4.78, 5) is 0. The third-order valence-electron chi connectivity index (χ3n) is 27.3. The highest BCUT2D eigenvalue weighted by Gasteiger charge is 2.64. The fourth-order valence-corrected chi connectivity index (χ4v) is 21.0. The average molecular weight is 1530 g/mol. The molecule has 8 atom stereocenters.